The van der Waals surface area contributed by atoms with Gasteiger partial charge in [0.05, 0.1) is 18.4 Å². The number of sulfonamides is 1. The van der Waals surface area contributed by atoms with Crippen LogP contribution < -0.4 is 4.72 Å². The van der Waals surface area contributed by atoms with Gasteiger partial charge in [0, 0.05) is 13.7 Å². The van der Waals surface area contributed by atoms with Gasteiger partial charge in [-0.2, -0.15) is 0 Å². The van der Waals surface area contributed by atoms with Crippen LogP contribution in [-0.2, 0) is 14.8 Å². The van der Waals surface area contributed by atoms with E-state index in [2.05, 4.69) is 9.71 Å². The van der Waals surface area contributed by atoms with Crippen molar-refractivity contribution in [2.24, 2.45) is 0 Å². The van der Waals surface area contributed by atoms with Crippen molar-refractivity contribution in [3.05, 3.63) is 10.2 Å². The Morgan fingerprint density at radius 1 is 1.61 bits per heavy atom. The molecule has 1 unspecified atom stereocenters. The molecule has 0 fully saturated rings. The highest BCUT2D eigenvalue weighted by atomic mass is 35.5. The quantitative estimate of drug-likeness (QED) is 0.776. The average Bonchev–Trinajstić information content (AvgIpc) is 2.58. The second-order valence-electron chi connectivity index (χ2n) is 3.64. The number of nitrogens with zero attached hydrogens (tertiary/aromatic N) is 1. The molecule has 104 valence electrons. The van der Waals surface area contributed by atoms with Crippen LogP contribution in [0.25, 0.3) is 0 Å². The SMILES string of the molecule is COCC(O)CCNS(=O)(=O)c1sc(Cl)nc1C. The first-order chi connectivity index (χ1) is 8.36. The van der Waals surface area contributed by atoms with Gasteiger partial charge in [-0.3, -0.25) is 0 Å². The van der Waals surface area contributed by atoms with Crippen molar-refractivity contribution < 1.29 is 18.3 Å². The van der Waals surface area contributed by atoms with Crippen LogP contribution in [-0.4, -0.2) is 44.9 Å². The Morgan fingerprint density at radius 3 is 2.78 bits per heavy atom. The minimum absolute atomic E-state index is 0.105. The first-order valence-electron chi connectivity index (χ1n) is 5.16. The number of hydrogen-bond donors (Lipinski definition) is 2. The van der Waals surface area contributed by atoms with Crippen LogP contribution in [0, 0.1) is 6.92 Å². The lowest BCUT2D eigenvalue weighted by Crippen LogP contribution is -2.28. The summed E-state index contributed by atoms with van der Waals surface area (Å²) in [6, 6.07) is 0. The summed E-state index contributed by atoms with van der Waals surface area (Å²) in [5, 5.41) is 9.38. The molecule has 0 saturated heterocycles. The second kappa shape index (κ2) is 6.78. The molecule has 1 aromatic rings. The highest BCUT2D eigenvalue weighted by Gasteiger charge is 2.21. The van der Waals surface area contributed by atoms with Gasteiger partial charge in [0.15, 0.2) is 8.68 Å². The lowest BCUT2D eigenvalue weighted by molar-refractivity contribution is 0.0603. The molecule has 1 aromatic heterocycles. The van der Waals surface area contributed by atoms with Crippen molar-refractivity contribution in [1.29, 1.82) is 0 Å². The third-order valence-corrected chi connectivity index (χ3v) is 5.43. The Balaban J connectivity index is 2.58. The zero-order valence-corrected chi connectivity index (χ0v) is 12.4. The van der Waals surface area contributed by atoms with E-state index in [1.165, 1.54) is 7.11 Å². The van der Waals surface area contributed by atoms with E-state index in [0.717, 1.165) is 11.3 Å². The molecule has 0 spiro atoms. The van der Waals surface area contributed by atoms with E-state index < -0.39 is 16.1 Å². The van der Waals surface area contributed by atoms with Gasteiger partial charge in [0.25, 0.3) is 10.0 Å². The van der Waals surface area contributed by atoms with Crippen LogP contribution in [0.2, 0.25) is 4.47 Å². The maximum absolute atomic E-state index is 11.9. The summed E-state index contributed by atoms with van der Waals surface area (Å²) < 4.78 is 31.2. The highest BCUT2D eigenvalue weighted by molar-refractivity contribution is 7.91. The van der Waals surface area contributed by atoms with Crippen LogP contribution in [0.1, 0.15) is 12.1 Å². The fourth-order valence-corrected chi connectivity index (χ4v) is 4.13. The van der Waals surface area contributed by atoms with Crippen molar-refractivity contribution in [2.45, 2.75) is 23.7 Å². The van der Waals surface area contributed by atoms with E-state index in [4.69, 9.17) is 16.3 Å². The highest BCUT2D eigenvalue weighted by Crippen LogP contribution is 2.26. The van der Waals surface area contributed by atoms with E-state index >= 15 is 0 Å². The molecule has 0 aliphatic heterocycles. The van der Waals surface area contributed by atoms with E-state index in [1.807, 2.05) is 0 Å². The van der Waals surface area contributed by atoms with Crippen molar-refractivity contribution in [2.75, 3.05) is 20.3 Å². The molecule has 0 bridgehead atoms. The molecule has 1 atom stereocenters. The molecule has 18 heavy (non-hydrogen) atoms. The summed E-state index contributed by atoms with van der Waals surface area (Å²) >= 11 is 6.56. The molecule has 0 aliphatic carbocycles. The van der Waals surface area contributed by atoms with Crippen LogP contribution >= 0.6 is 22.9 Å². The number of aromatic nitrogens is 1. The third-order valence-electron chi connectivity index (χ3n) is 2.10. The van der Waals surface area contributed by atoms with Crippen LogP contribution in [0.5, 0.6) is 0 Å². The number of thiazole rings is 1. The Kier molecular flexibility index (Phi) is 5.96. The molecule has 0 aromatic carbocycles. The van der Waals surface area contributed by atoms with Crippen molar-refractivity contribution >= 4 is 33.0 Å². The lowest BCUT2D eigenvalue weighted by Gasteiger charge is -2.09. The van der Waals surface area contributed by atoms with Crippen LogP contribution in [0.4, 0.5) is 0 Å². The lowest BCUT2D eigenvalue weighted by atomic mass is 10.3. The third kappa shape index (κ3) is 4.45. The normalized spacial score (nSPS) is 13.8. The number of nitrogens with one attached hydrogen (secondary N) is 1. The fourth-order valence-electron chi connectivity index (χ4n) is 1.30. The number of methoxy groups -OCH3 is 1. The van der Waals surface area contributed by atoms with Crippen LogP contribution in [0.3, 0.4) is 0 Å². The Morgan fingerprint density at radius 2 is 2.28 bits per heavy atom. The van der Waals surface area contributed by atoms with E-state index in [0.29, 0.717) is 5.69 Å². The minimum Gasteiger partial charge on any atom is -0.391 e. The molecule has 6 nitrogen and oxygen atoms in total. The molecule has 2 N–H and O–H groups in total. The number of rotatable bonds is 7. The average molecular weight is 315 g/mol. The zero-order chi connectivity index (χ0) is 13.8. The van der Waals surface area contributed by atoms with E-state index in [1.54, 1.807) is 6.92 Å². The van der Waals surface area contributed by atoms with Gasteiger partial charge in [0.2, 0.25) is 0 Å². The topological polar surface area (TPSA) is 88.5 Å². The van der Waals surface area contributed by atoms with Gasteiger partial charge >= 0.3 is 0 Å². The summed E-state index contributed by atoms with van der Waals surface area (Å²) in [6.45, 7) is 1.88. The Labute approximate surface area is 115 Å². The fraction of sp³-hybridized carbons (Fsp3) is 0.667. The number of halogens is 1. The van der Waals surface area contributed by atoms with E-state index in [9.17, 15) is 13.5 Å². The number of hydrogen-bond acceptors (Lipinski definition) is 6. The number of ether oxygens (including phenoxy) is 1. The molecular formula is C9H15ClN2O4S2. The second-order valence-corrected chi connectivity index (χ2v) is 7.18. The molecule has 1 heterocycles. The first kappa shape index (κ1) is 15.8. The Hall–Kier alpha value is -0.250. The van der Waals surface area contributed by atoms with Gasteiger partial charge < -0.3 is 9.84 Å². The summed E-state index contributed by atoms with van der Waals surface area (Å²) in [6.07, 6.45) is -0.414. The predicted molar refractivity (Wildman–Crippen MR) is 69.5 cm³/mol. The van der Waals surface area contributed by atoms with Gasteiger partial charge in [-0.05, 0) is 13.3 Å². The smallest absolute Gasteiger partial charge is 0.251 e. The monoisotopic (exact) mass is 314 g/mol. The summed E-state index contributed by atoms with van der Waals surface area (Å²) in [5.74, 6) is 0. The van der Waals surface area contributed by atoms with E-state index in [-0.39, 0.29) is 28.2 Å². The molecule has 9 heteroatoms. The summed E-state index contributed by atoms with van der Waals surface area (Å²) in [5.41, 5.74) is 0.370. The minimum atomic E-state index is -3.61. The predicted octanol–water partition coefficient (Wildman–Crippen LogP) is 0.781. The van der Waals surface area contributed by atoms with Gasteiger partial charge in [0.1, 0.15) is 0 Å². The molecule has 0 radical (unpaired) electrons. The molecule has 1 rings (SSSR count). The number of aliphatic hydroxyl groups excluding tert-OH is 1. The van der Waals surface area contributed by atoms with Crippen molar-refractivity contribution in [1.82, 2.24) is 9.71 Å². The van der Waals surface area contributed by atoms with Crippen molar-refractivity contribution in [3.8, 4) is 0 Å². The molecular weight excluding hydrogens is 300 g/mol. The van der Waals surface area contributed by atoms with Crippen LogP contribution in [0.15, 0.2) is 4.21 Å². The summed E-state index contributed by atoms with van der Waals surface area (Å²) in [4.78, 5) is 3.85. The molecule has 0 amide bonds. The van der Waals surface area contributed by atoms with Gasteiger partial charge in [-0.25, -0.2) is 18.1 Å². The zero-order valence-electron chi connectivity index (χ0n) is 10.0. The van der Waals surface area contributed by atoms with Gasteiger partial charge in [-0.15, -0.1) is 0 Å². The standard InChI is InChI=1S/C9H15ClN2O4S2/c1-6-8(17-9(10)12-6)18(14,15)11-4-3-7(13)5-16-2/h7,11,13H,3-5H2,1-2H3. The van der Waals surface area contributed by atoms with Crippen molar-refractivity contribution in [3.63, 3.8) is 0 Å². The number of aliphatic hydroxyl groups is 1. The number of aryl methyl sites for hydroxylation is 1. The summed E-state index contributed by atoms with van der Waals surface area (Å²) in [7, 11) is -2.14. The largest absolute Gasteiger partial charge is 0.391 e. The maximum Gasteiger partial charge on any atom is 0.251 e. The van der Waals surface area contributed by atoms with Gasteiger partial charge in [-0.1, -0.05) is 22.9 Å². The Bertz CT molecular complexity index is 489. The molecule has 0 aliphatic rings. The molecule has 0 saturated carbocycles. The maximum atomic E-state index is 11.9. The first-order valence-corrected chi connectivity index (χ1v) is 7.84.